The maximum absolute atomic E-state index is 11.9. The van der Waals surface area contributed by atoms with Gasteiger partial charge in [0.2, 0.25) is 5.91 Å². The van der Waals surface area contributed by atoms with Gasteiger partial charge in [-0.05, 0) is 31.0 Å². The number of fused-ring (bicyclic) bond motifs is 1. The molecule has 0 aliphatic rings. The highest BCUT2D eigenvalue weighted by molar-refractivity contribution is 7.22. The maximum Gasteiger partial charge on any atom is 0.243 e. The number of aromatic nitrogens is 1. The summed E-state index contributed by atoms with van der Waals surface area (Å²) < 4.78 is 6.42. The maximum atomic E-state index is 11.9. The third kappa shape index (κ3) is 3.26. The van der Waals surface area contributed by atoms with Crippen molar-refractivity contribution in [2.24, 2.45) is 11.7 Å². The summed E-state index contributed by atoms with van der Waals surface area (Å²) in [4.78, 5) is 16.3. The van der Waals surface area contributed by atoms with Gasteiger partial charge in [0.1, 0.15) is 5.75 Å². The van der Waals surface area contributed by atoms with Crippen molar-refractivity contribution in [3.05, 3.63) is 18.2 Å². The Hall–Kier alpha value is -1.66. The van der Waals surface area contributed by atoms with Crippen LogP contribution in [0.3, 0.4) is 0 Å². The summed E-state index contributed by atoms with van der Waals surface area (Å²) in [5, 5.41) is 3.33. The molecule has 1 unspecified atom stereocenters. The molecule has 0 spiro atoms. The van der Waals surface area contributed by atoms with E-state index in [4.69, 9.17) is 10.5 Å². The van der Waals surface area contributed by atoms with Crippen LogP contribution in [0, 0.1) is 5.92 Å². The van der Waals surface area contributed by atoms with Gasteiger partial charge in [0.25, 0.3) is 0 Å². The molecule has 5 nitrogen and oxygen atoms in total. The van der Waals surface area contributed by atoms with E-state index >= 15 is 0 Å². The lowest BCUT2D eigenvalue weighted by molar-refractivity contribution is -0.118. The Bertz CT molecular complexity index is 609. The zero-order valence-corrected chi connectivity index (χ0v) is 12.7. The van der Waals surface area contributed by atoms with Crippen LogP contribution in [-0.2, 0) is 4.79 Å². The first kappa shape index (κ1) is 14.7. The van der Waals surface area contributed by atoms with Crippen LogP contribution >= 0.6 is 11.3 Å². The number of hydrogen-bond acceptors (Lipinski definition) is 5. The summed E-state index contributed by atoms with van der Waals surface area (Å²) in [6.45, 7) is 6.39. The van der Waals surface area contributed by atoms with E-state index in [9.17, 15) is 4.79 Å². The van der Waals surface area contributed by atoms with E-state index in [1.165, 1.54) is 11.3 Å². The van der Waals surface area contributed by atoms with Crippen LogP contribution in [0.1, 0.15) is 20.8 Å². The van der Waals surface area contributed by atoms with E-state index in [-0.39, 0.29) is 11.8 Å². The Morgan fingerprint density at radius 2 is 2.25 bits per heavy atom. The number of amides is 1. The summed E-state index contributed by atoms with van der Waals surface area (Å²) in [7, 11) is 0. The van der Waals surface area contributed by atoms with Crippen molar-refractivity contribution >= 4 is 32.6 Å². The van der Waals surface area contributed by atoms with Crippen LogP contribution in [0.15, 0.2) is 18.2 Å². The van der Waals surface area contributed by atoms with Gasteiger partial charge in [0.05, 0.1) is 22.9 Å². The first-order valence-corrected chi connectivity index (χ1v) is 7.42. The van der Waals surface area contributed by atoms with Crippen LogP contribution in [-0.4, -0.2) is 23.5 Å². The van der Waals surface area contributed by atoms with Crippen molar-refractivity contribution in [2.45, 2.75) is 26.8 Å². The van der Waals surface area contributed by atoms with E-state index in [1.54, 1.807) is 0 Å². The first-order chi connectivity index (χ1) is 9.51. The van der Waals surface area contributed by atoms with Gasteiger partial charge in [-0.2, -0.15) is 0 Å². The largest absolute Gasteiger partial charge is 0.494 e. The van der Waals surface area contributed by atoms with Crippen LogP contribution in [0.25, 0.3) is 10.2 Å². The van der Waals surface area contributed by atoms with Crippen molar-refractivity contribution in [1.82, 2.24) is 4.98 Å². The molecule has 1 aromatic heterocycles. The van der Waals surface area contributed by atoms with Gasteiger partial charge >= 0.3 is 0 Å². The van der Waals surface area contributed by atoms with Gasteiger partial charge in [-0.15, -0.1) is 0 Å². The van der Waals surface area contributed by atoms with Crippen LogP contribution in [0.5, 0.6) is 5.75 Å². The average Bonchev–Trinajstić information content (AvgIpc) is 2.79. The molecule has 2 rings (SSSR count). The number of thiazole rings is 1. The molecular formula is C14H19N3O2S. The number of nitrogens with two attached hydrogens (primary N) is 1. The van der Waals surface area contributed by atoms with E-state index in [0.717, 1.165) is 16.0 Å². The molecule has 0 saturated carbocycles. The highest BCUT2D eigenvalue weighted by Crippen LogP contribution is 2.29. The molecular weight excluding hydrogens is 274 g/mol. The van der Waals surface area contributed by atoms with Crippen molar-refractivity contribution in [2.75, 3.05) is 11.9 Å². The third-order valence-electron chi connectivity index (χ3n) is 2.92. The molecule has 108 valence electrons. The predicted molar refractivity (Wildman–Crippen MR) is 82.2 cm³/mol. The number of ether oxygens (including phenoxy) is 1. The lowest BCUT2D eigenvalue weighted by Gasteiger charge is -2.13. The number of nitrogens with one attached hydrogen (secondary N) is 1. The SMILES string of the molecule is CCOc1ccc2nc(NC(=O)C(N)C(C)C)sc2c1. The van der Waals surface area contributed by atoms with Crippen molar-refractivity contribution < 1.29 is 9.53 Å². The minimum atomic E-state index is -0.527. The molecule has 1 atom stereocenters. The number of carbonyl (C=O) groups is 1. The van der Waals surface area contributed by atoms with Crippen LogP contribution in [0.2, 0.25) is 0 Å². The van der Waals surface area contributed by atoms with Gasteiger partial charge in [-0.3, -0.25) is 4.79 Å². The van der Waals surface area contributed by atoms with E-state index in [2.05, 4.69) is 10.3 Å². The minimum Gasteiger partial charge on any atom is -0.494 e. The predicted octanol–water partition coefficient (Wildman–Crippen LogP) is 2.62. The summed E-state index contributed by atoms with van der Waals surface area (Å²) in [5.41, 5.74) is 6.65. The van der Waals surface area contributed by atoms with Crippen molar-refractivity contribution in [3.63, 3.8) is 0 Å². The molecule has 1 amide bonds. The highest BCUT2D eigenvalue weighted by Gasteiger charge is 2.18. The van der Waals surface area contributed by atoms with Gasteiger partial charge in [0, 0.05) is 0 Å². The number of hydrogen-bond donors (Lipinski definition) is 2. The van der Waals surface area contributed by atoms with Gasteiger partial charge in [-0.25, -0.2) is 4.98 Å². The lowest BCUT2D eigenvalue weighted by atomic mass is 10.1. The van der Waals surface area contributed by atoms with Gasteiger partial charge in [0.15, 0.2) is 5.13 Å². The topological polar surface area (TPSA) is 77.2 Å². The summed E-state index contributed by atoms with van der Waals surface area (Å²) >= 11 is 1.42. The van der Waals surface area contributed by atoms with Crippen molar-refractivity contribution in [3.8, 4) is 5.75 Å². The lowest BCUT2D eigenvalue weighted by Crippen LogP contribution is -2.39. The Balaban J connectivity index is 2.17. The van der Waals surface area contributed by atoms with Gasteiger partial charge in [-0.1, -0.05) is 25.2 Å². The number of anilines is 1. The molecule has 0 aliphatic heterocycles. The Morgan fingerprint density at radius 3 is 2.90 bits per heavy atom. The average molecular weight is 293 g/mol. The minimum absolute atomic E-state index is 0.0916. The van der Waals surface area contributed by atoms with E-state index in [1.807, 2.05) is 39.0 Å². The normalized spacial score (nSPS) is 12.7. The summed E-state index contributed by atoms with van der Waals surface area (Å²) in [5.74, 6) is 0.693. The first-order valence-electron chi connectivity index (χ1n) is 6.61. The highest BCUT2D eigenvalue weighted by atomic mass is 32.1. The molecule has 0 radical (unpaired) electrons. The number of carbonyl (C=O) groups excluding carboxylic acids is 1. The second-order valence-corrected chi connectivity index (χ2v) is 5.87. The molecule has 3 N–H and O–H groups in total. The second kappa shape index (κ2) is 6.19. The fraction of sp³-hybridized carbons (Fsp3) is 0.429. The van der Waals surface area contributed by atoms with E-state index in [0.29, 0.717) is 11.7 Å². The van der Waals surface area contributed by atoms with E-state index < -0.39 is 6.04 Å². The Morgan fingerprint density at radius 1 is 1.50 bits per heavy atom. The summed E-state index contributed by atoms with van der Waals surface area (Å²) in [6.07, 6.45) is 0. The fourth-order valence-corrected chi connectivity index (χ4v) is 2.60. The van der Waals surface area contributed by atoms with Gasteiger partial charge < -0.3 is 15.8 Å². The zero-order chi connectivity index (χ0) is 14.7. The third-order valence-corrected chi connectivity index (χ3v) is 3.86. The van der Waals surface area contributed by atoms with Crippen LogP contribution < -0.4 is 15.8 Å². The monoisotopic (exact) mass is 293 g/mol. The molecule has 0 saturated heterocycles. The molecule has 0 aliphatic carbocycles. The molecule has 20 heavy (non-hydrogen) atoms. The standard InChI is InChI=1S/C14H19N3O2S/c1-4-19-9-5-6-10-11(7-9)20-14(16-10)17-13(18)12(15)8(2)3/h5-8,12H,4,15H2,1-3H3,(H,16,17,18). The summed E-state index contributed by atoms with van der Waals surface area (Å²) in [6, 6.07) is 5.15. The molecule has 0 fully saturated rings. The Labute approximate surface area is 122 Å². The van der Waals surface area contributed by atoms with Crippen molar-refractivity contribution in [1.29, 1.82) is 0 Å². The molecule has 0 bridgehead atoms. The smallest absolute Gasteiger partial charge is 0.243 e. The molecule has 1 heterocycles. The second-order valence-electron chi connectivity index (χ2n) is 4.84. The number of benzene rings is 1. The Kier molecular flexibility index (Phi) is 4.57. The molecule has 6 heteroatoms. The molecule has 2 aromatic rings. The number of nitrogens with zero attached hydrogens (tertiary/aromatic N) is 1. The number of rotatable bonds is 5. The molecule has 1 aromatic carbocycles. The quantitative estimate of drug-likeness (QED) is 0.888. The zero-order valence-electron chi connectivity index (χ0n) is 11.8. The van der Waals surface area contributed by atoms with Crippen LogP contribution in [0.4, 0.5) is 5.13 Å². The fourth-order valence-electron chi connectivity index (χ4n) is 1.71.